The maximum Gasteiger partial charge on any atom is 0.419 e. The van der Waals surface area contributed by atoms with Crippen molar-refractivity contribution >= 4 is 28.2 Å². The first kappa shape index (κ1) is 23.9. The molecular formula is C22H28F3N5O2S. The molecule has 0 aromatic carbocycles. The molecule has 2 aliphatic heterocycles. The Labute approximate surface area is 195 Å². The number of thiazole rings is 1. The Hall–Kier alpha value is -2.24. The van der Waals surface area contributed by atoms with Crippen molar-refractivity contribution in [3.8, 4) is 0 Å². The number of nitrogens with zero attached hydrogens (tertiary/aromatic N) is 4. The lowest BCUT2D eigenvalue weighted by Gasteiger charge is -2.34. The van der Waals surface area contributed by atoms with E-state index in [4.69, 9.17) is 4.74 Å². The Bertz CT molecular complexity index is 960. The molecule has 1 amide bonds. The number of rotatable bonds is 5. The molecule has 3 atom stereocenters. The van der Waals surface area contributed by atoms with E-state index >= 15 is 0 Å². The number of morpholine rings is 1. The summed E-state index contributed by atoms with van der Waals surface area (Å²) in [6.45, 7) is 7.05. The fourth-order valence-electron chi connectivity index (χ4n) is 4.54. The molecule has 4 heterocycles. The van der Waals surface area contributed by atoms with Crippen molar-refractivity contribution in [2.45, 2.75) is 51.6 Å². The molecule has 2 fully saturated rings. The summed E-state index contributed by atoms with van der Waals surface area (Å²) in [6, 6.07) is 2.30. The van der Waals surface area contributed by atoms with Gasteiger partial charge in [0.2, 0.25) is 5.91 Å². The van der Waals surface area contributed by atoms with Crippen molar-refractivity contribution in [1.29, 1.82) is 0 Å². The number of carbonyl (C=O) groups excluding carboxylic acids is 1. The summed E-state index contributed by atoms with van der Waals surface area (Å²) < 4.78 is 45.9. The quantitative estimate of drug-likeness (QED) is 0.693. The van der Waals surface area contributed by atoms with Crippen LogP contribution in [0.3, 0.4) is 0 Å². The topological polar surface area (TPSA) is 70.6 Å². The number of pyridine rings is 1. The first-order valence-corrected chi connectivity index (χ1v) is 12.0. The highest BCUT2D eigenvalue weighted by molar-refractivity contribution is 7.13. The Morgan fingerprint density at radius 3 is 2.76 bits per heavy atom. The van der Waals surface area contributed by atoms with E-state index in [2.05, 4.69) is 20.2 Å². The maximum atomic E-state index is 13.4. The number of carbonyl (C=O) groups is 1. The van der Waals surface area contributed by atoms with E-state index in [1.165, 1.54) is 23.6 Å². The van der Waals surface area contributed by atoms with Crippen LogP contribution in [-0.4, -0.2) is 59.2 Å². The predicted molar refractivity (Wildman–Crippen MR) is 120 cm³/mol. The SMILES string of the molecule is CC1CN(Cc2csc(NC(=O)C3CCCN(c4ncccc4C(F)(F)F)C3)n2)CC(C)O1. The second-order valence-electron chi connectivity index (χ2n) is 8.74. The van der Waals surface area contributed by atoms with Crippen molar-refractivity contribution in [3.05, 3.63) is 35.0 Å². The van der Waals surface area contributed by atoms with E-state index in [1.807, 2.05) is 19.2 Å². The zero-order chi connectivity index (χ0) is 23.6. The first-order chi connectivity index (χ1) is 15.7. The second kappa shape index (κ2) is 9.94. The molecule has 0 spiro atoms. The molecular weight excluding hydrogens is 455 g/mol. The van der Waals surface area contributed by atoms with Gasteiger partial charge in [0.05, 0.1) is 29.4 Å². The van der Waals surface area contributed by atoms with E-state index in [1.54, 1.807) is 4.90 Å². The normalized spacial score (nSPS) is 24.6. The Balaban J connectivity index is 1.37. The summed E-state index contributed by atoms with van der Waals surface area (Å²) >= 11 is 1.36. The van der Waals surface area contributed by atoms with Crippen LogP contribution in [0.5, 0.6) is 0 Å². The zero-order valence-corrected chi connectivity index (χ0v) is 19.5. The van der Waals surface area contributed by atoms with E-state index < -0.39 is 17.7 Å². The number of ether oxygens (including phenoxy) is 1. The molecule has 0 bridgehead atoms. The molecule has 33 heavy (non-hydrogen) atoms. The summed E-state index contributed by atoms with van der Waals surface area (Å²) in [7, 11) is 0. The number of amides is 1. The van der Waals surface area contributed by atoms with E-state index in [0.29, 0.717) is 31.1 Å². The van der Waals surface area contributed by atoms with Gasteiger partial charge in [0.25, 0.3) is 0 Å². The lowest BCUT2D eigenvalue weighted by atomic mass is 9.97. The monoisotopic (exact) mass is 483 g/mol. The molecule has 11 heteroatoms. The number of halogens is 3. The Morgan fingerprint density at radius 1 is 1.27 bits per heavy atom. The number of anilines is 2. The van der Waals surface area contributed by atoms with Gasteiger partial charge in [-0.2, -0.15) is 13.2 Å². The third-order valence-electron chi connectivity index (χ3n) is 5.85. The largest absolute Gasteiger partial charge is 0.419 e. The van der Waals surface area contributed by atoms with Crippen molar-refractivity contribution < 1.29 is 22.7 Å². The molecule has 4 rings (SSSR count). The summed E-state index contributed by atoms with van der Waals surface area (Å²) in [5.74, 6) is -0.776. The predicted octanol–water partition coefficient (Wildman–Crippen LogP) is 4.02. The Morgan fingerprint density at radius 2 is 2.03 bits per heavy atom. The standard InChI is InChI=1S/C22H28F3N5O2S/c1-14-9-29(10-15(2)32-14)12-17-13-33-21(27-17)28-20(31)16-5-4-8-30(11-16)19-18(22(23,24)25)6-3-7-26-19/h3,6-7,13-16H,4-5,8-12H2,1-2H3,(H,27,28,31). The van der Waals surface area contributed by atoms with E-state index in [9.17, 15) is 18.0 Å². The van der Waals surface area contributed by atoms with Gasteiger partial charge in [-0.15, -0.1) is 11.3 Å². The van der Waals surface area contributed by atoms with Gasteiger partial charge in [-0.1, -0.05) is 0 Å². The number of aromatic nitrogens is 2. The fraction of sp³-hybridized carbons (Fsp3) is 0.591. The molecule has 0 radical (unpaired) electrons. The molecule has 7 nitrogen and oxygen atoms in total. The van der Waals surface area contributed by atoms with Crippen molar-refractivity contribution in [2.75, 3.05) is 36.4 Å². The van der Waals surface area contributed by atoms with Gasteiger partial charge in [0.15, 0.2) is 5.13 Å². The van der Waals surface area contributed by atoms with Gasteiger partial charge in [-0.25, -0.2) is 9.97 Å². The lowest BCUT2D eigenvalue weighted by Crippen LogP contribution is -2.44. The molecule has 2 aromatic heterocycles. The molecule has 2 aliphatic rings. The minimum atomic E-state index is -4.49. The van der Waals surface area contributed by atoms with Gasteiger partial charge in [0.1, 0.15) is 5.82 Å². The first-order valence-electron chi connectivity index (χ1n) is 11.1. The smallest absolute Gasteiger partial charge is 0.373 e. The lowest BCUT2D eigenvalue weighted by molar-refractivity contribution is -0.137. The average molecular weight is 484 g/mol. The van der Waals surface area contributed by atoms with Crippen LogP contribution in [0.15, 0.2) is 23.7 Å². The number of alkyl halides is 3. The van der Waals surface area contributed by atoms with Crippen LogP contribution < -0.4 is 10.2 Å². The molecule has 2 aromatic rings. The van der Waals surface area contributed by atoms with Gasteiger partial charge < -0.3 is 15.0 Å². The van der Waals surface area contributed by atoms with Gasteiger partial charge in [-0.3, -0.25) is 9.69 Å². The average Bonchev–Trinajstić information content (AvgIpc) is 3.19. The molecule has 0 saturated carbocycles. The van der Waals surface area contributed by atoms with Gasteiger partial charge >= 0.3 is 6.18 Å². The molecule has 3 unspecified atom stereocenters. The van der Waals surface area contributed by atoms with Crippen molar-refractivity contribution in [3.63, 3.8) is 0 Å². The summed E-state index contributed by atoms with van der Waals surface area (Å²) in [4.78, 5) is 25.2. The Kier molecular flexibility index (Phi) is 7.20. The summed E-state index contributed by atoms with van der Waals surface area (Å²) in [5.41, 5.74) is 0.104. The van der Waals surface area contributed by atoms with Crippen LogP contribution in [0.4, 0.5) is 24.1 Å². The minimum Gasteiger partial charge on any atom is -0.373 e. The highest BCUT2D eigenvalue weighted by Gasteiger charge is 2.37. The van der Waals surface area contributed by atoms with Gasteiger partial charge in [0, 0.05) is 44.3 Å². The third-order valence-corrected chi connectivity index (χ3v) is 6.65. The maximum absolute atomic E-state index is 13.4. The van der Waals surface area contributed by atoms with Crippen molar-refractivity contribution in [1.82, 2.24) is 14.9 Å². The van der Waals surface area contributed by atoms with Crippen LogP contribution in [0.1, 0.15) is 37.9 Å². The number of hydrogen-bond donors (Lipinski definition) is 1. The number of piperidine rings is 1. The minimum absolute atomic E-state index is 0.118. The molecule has 2 saturated heterocycles. The van der Waals surface area contributed by atoms with Crippen LogP contribution in [-0.2, 0) is 22.3 Å². The van der Waals surface area contributed by atoms with E-state index in [0.717, 1.165) is 24.8 Å². The van der Waals surface area contributed by atoms with Crippen LogP contribution in [0.25, 0.3) is 0 Å². The van der Waals surface area contributed by atoms with Crippen LogP contribution >= 0.6 is 11.3 Å². The van der Waals surface area contributed by atoms with Crippen LogP contribution in [0.2, 0.25) is 0 Å². The number of hydrogen-bond acceptors (Lipinski definition) is 7. The van der Waals surface area contributed by atoms with Crippen LogP contribution in [0, 0.1) is 5.92 Å². The van der Waals surface area contributed by atoms with Gasteiger partial charge in [-0.05, 0) is 38.8 Å². The third kappa shape index (κ3) is 6.01. The van der Waals surface area contributed by atoms with E-state index in [-0.39, 0.29) is 30.5 Å². The fourth-order valence-corrected chi connectivity index (χ4v) is 5.25. The highest BCUT2D eigenvalue weighted by Crippen LogP contribution is 2.36. The summed E-state index contributed by atoms with van der Waals surface area (Å²) in [6.07, 6.45) is -1.59. The molecule has 0 aliphatic carbocycles. The molecule has 180 valence electrons. The summed E-state index contributed by atoms with van der Waals surface area (Å²) in [5, 5.41) is 5.30. The molecule has 1 N–H and O–H groups in total. The number of nitrogens with one attached hydrogen (secondary N) is 1. The second-order valence-corrected chi connectivity index (χ2v) is 9.60. The van der Waals surface area contributed by atoms with Crippen molar-refractivity contribution in [2.24, 2.45) is 5.92 Å². The highest BCUT2D eigenvalue weighted by atomic mass is 32.1. The zero-order valence-electron chi connectivity index (χ0n) is 18.6.